The standard InChI is InChI=1S/C11H16N2O5S/c1-3-13(4-2)19(17,18)12-8-5-6-9(11(15)16)10(14)7-8/h5-7,12,14H,3-4H2,1-2H3,(H,15,16). The van der Waals surface area contributed by atoms with E-state index in [9.17, 15) is 18.3 Å². The summed E-state index contributed by atoms with van der Waals surface area (Å²) in [5, 5.41) is 18.2. The number of aromatic hydroxyl groups is 1. The van der Waals surface area contributed by atoms with Gasteiger partial charge in [0, 0.05) is 19.2 Å². The molecular weight excluding hydrogens is 272 g/mol. The summed E-state index contributed by atoms with van der Waals surface area (Å²) in [6.07, 6.45) is 0. The highest BCUT2D eigenvalue weighted by Gasteiger charge is 2.19. The second-order valence-corrected chi connectivity index (χ2v) is 5.40. The van der Waals surface area contributed by atoms with E-state index in [2.05, 4.69) is 4.72 Å². The van der Waals surface area contributed by atoms with Crippen LogP contribution in [-0.4, -0.2) is 42.0 Å². The molecule has 8 heteroatoms. The van der Waals surface area contributed by atoms with E-state index in [4.69, 9.17) is 5.11 Å². The van der Waals surface area contributed by atoms with Crippen molar-refractivity contribution in [2.75, 3.05) is 17.8 Å². The fourth-order valence-corrected chi connectivity index (χ4v) is 2.79. The van der Waals surface area contributed by atoms with E-state index in [-0.39, 0.29) is 11.3 Å². The van der Waals surface area contributed by atoms with Crippen LogP contribution in [0.25, 0.3) is 0 Å². The molecule has 3 N–H and O–H groups in total. The second-order valence-electron chi connectivity index (χ2n) is 3.73. The Morgan fingerprint density at radius 1 is 1.32 bits per heavy atom. The normalized spacial score (nSPS) is 11.5. The number of nitrogens with one attached hydrogen (secondary N) is 1. The van der Waals surface area contributed by atoms with Crippen LogP contribution in [0.2, 0.25) is 0 Å². The molecule has 0 aromatic heterocycles. The average molecular weight is 288 g/mol. The van der Waals surface area contributed by atoms with Gasteiger partial charge in [0.2, 0.25) is 0 Å². The molecule has 0 aliphatic carbocycles. The smallest absolute Gasteiger partial charge is 0.339 e. The largest absolute Gasteiger partial charge is 0.507 e. The zero-order chi connectivity index (χ0) is 14.6. The van der Waals surface area contributed by atoms with Crippen LogP contribution in [0.5, 0.6) is 5.75 Å². The zero-order valence-corrected chi connectivity index (χ0v) is 11.4. The molecule has 0 saturated carbocycles. The molecule has 1 rings (SSSR count). The summed E-state index contributed by atoms with van der Waals surface area (Å²) in [5.74, 6) is -1.78. The molecule has 0 atom stereocenters. The molecule has 0 radical (unpaired) electrons. The Bertz CT molecular complexity index is 566. The van der Waals surface area contributed by atoms with Crippen LogP contribution in [-0.2, 0) is 10.2 Å². The van der Waals surface area contributed by atoms with E-state index in [0.717, 1.165) is 12.1 Å². The van der Waals surface area contributed by atoms with Gasteiger partial charge in [-0.15, -0.1) is 0 Å². The Hall–Kier alpha value is -1.80. The number of carboxylic acids is 1. The van der Waals surface area contributed by atoms with Gasteiger partial charge in [0.05, 0.1) is 5.69 Å². The van der Waals surface area contributed by atoms with Crippen molar-refractivity contribution >= 4 is 21.9 Å². The SMILES string of the molecule is CCN(CC)S(=O)(=O)Nc1ccc(C(=O)O)c(O)c1. The van der Waals surface area contributed by atoms with E-state index in [1.54, 1.807) is 13.8 Å². The first-order valence-electron chi connectivity index (χ1n) is 5.66. The van der Waals surface area contributed by atoms with Gasteiger partial charge in [0.1, 0.15) is 11.3 Å². The highest BCUT2D eigenvalue weighted by molar-refractivity contribution is 7.90. The van der Waals surface area contributed by atoms with Crippen LogP contribution >= 0.6 is 0 Å². The molecule has 0 fully saturated rings. The van der Waals surface area contributed by atoms with E-state index < -0.39 is 21.9 Å². The van der Waals surface area contributed by atoms with Crippen molar-refractivity contribution < 1.29 is 23.4 Å². The summed E-state index contributed by atoms with van der Waals surface area (Å²) in [7, 11) is -3.70. The molecule has 0 saturated heterocycles. The van der Waals surface area contributed by atoms with E-state index in [1.165, 1.54) is 10.4 Å². The van der Waals surface area contributed by atoms with Crippen molar-refractivity contribution in [3.8, 4) is 5.75 Å². The Morgan fingerprint density at radius 3 is 2.32 bits per heavy atom. The summed E-state index contributed by atoms with van der Waals surface area (Å²) in [6, 6.07) is 3.48. The highest BCUT2D eigenvalue weighted by Crippen LogP contribution is 2.23. The molecule has 7 nitrogen and oxygen atoms in total. The summed E-state index contributed by atoms with van der Waals surface area (Å²) in [6.45, 7) is 4.03. The van der Waals surface area contributed by atoms with Gasteiger partial charge in [-0.05, 0) is 12.1 Å². The minimum absolute atomic E-state index is 0.106. The Balaban J connectivity index is 3.01. The lowest BCUT2D eigenvalue weighted by Crippen LogP contribution is -2.35. The first-order valence-corrected chi connectivity index (χ1v) is 7.10. The summed E-state index contributed by atoms with van der Waals surface area (Å²) in [5.41, 5.74) is -0.180. The molecule has 1 aromatic carbocycles. The second kappa shape index (κ2) is 5.89. The molecule has 0 bridgehead atoms. The molecular formula is C11H16N2O5S. The lowest BCUT2D eigenvalue weighted by molar-refractivity contribution is 0.0694. The van der Waals surface area contributed by atoms with Gasteiger partial charge in [-0.1, -0.05) is 13.8 Å². The molecule has 1 aromatic rings. The van der Waals surface area contributed by atoms with Crippen molar-refractivity contribution in [3.05, 3.63) is 23.8 Å². The van der Waals surface area contributed by atoms with Crippen molar-refractivity contribution in [1.82, 2.24) is 4.31 Å². The number of phenols is 1. The first kappa shape index (κ1) is 15.3. The van der Waals surface area contributed by atoms with Crippen molar-refractivity contribution in [2.24, 2.45) is 0 Å². The summed E-state index contributed by atoms with van der Waals surface area (Å²) >= 11 is 0. The van der Waals surface area contributed by atoms with Gasteiger partial charge in [0.15, 0.2) is 0 Å². The topological polar surface area (TPSA) is 107 Å². The van der Waals surface area contributed by atoms with Crippen LogP contribution in [0, 0.1) is 0 Å². The molecule has 0 aliphatic heterocycles. The molecule has 0 spiro atoms. The number of hydrogen-bond acceptors (Lipinski definition) is 4. The predicted molar refractivity (Wildman–Crippen MR) is 70.5 cm³/mol. The minimum Gasteiger partial charge on any atom is -0.507 e. The van der Waals surface area contributed by atoms with Gasteiger partial charge in [0.25, 0.3) is 0 Å². The van der Waals surface area contributed by atoms with Crippen molar-refractivity contribution in [3.63, 3.8) is 0 Å². The van der Waals surface area contributed by atoms with E-state index in [0.29, 0.717) is 13.1 Å². The quantitative estimate of drug-likeness (QED) is 0.726. The summed E-state index contributed by atoms with van der Waals surface area (Å²) in [4.78, 5) is 10.7. The number of benzene rings is 1. The highest BCUT2D eigenvalue weighted by atomic mass is 32.2. The number of carboxylic acid groups (broad SMARTS) is 1. The molecule has 0 aliphatic rings. The maximum absolute atomic E-state index is 11.9. The Kier molecular flexibility index (Phi) is 4.73. The van der Waals surface area contributed by atoms with Gasteiger partial charge in [-0.2, -0.15) is 12.7 Å². The van der Waals surface area contributed by atoms with Crippen LogP contribution in [0.4, 0.5) is 5.69 Å². The van der Waals surface area contributed by atoms with Crippen molar-refractivity contribution in [1.29, 1.82) is 0 Å². The number of nitrogens with zero attached hydrogens (tertiary/aromatic N) is 1. The van der Waals surface area contributed by atoms with Gasteiger partial charge in [-0.25, -0.2) is 4.79 Å². The fraction of sp³-hybridized carbons (Fsp3) is 0.364. The van der Waals surface area contributed by atoms with Crippen LogP contribution in [0.15, 0.2) is 18.2 Å². The monoisotopic (exact) mass is 288 g/mol. The summed E-state index contributed by atoms with van der Waals surface area (Å²) < 4.78 is 27.3. The van der Waals surface area contributed by atoms with Crippen molar-refractivity contribution in [2.45, 2.75) is 13.8 Å². The third-order valence-corrected chi connectivity index (χ3v) is 4.21. The molecule has 19 heavy (non-hydrogen) atoms. The Morgan fingerprint density at radius 2 is 1.89 bits per heavy atom. The van der Waals surface area contributed by atoms with Gasteiger partial charge < -0.3 is 10.2 Å². The number of rotatable bonds is 6. The third-order valence-electron chi connectivity index (χ3n) is 2.52. The molecule has 106 valence electrons. The maximum atomic E-state index is 11.9. The van der Waals surface area contributed by atoms with E-state index >= 15 is 0 Å². The zero-order valence-electron chi connectivity index (χ0n) is 10.6. The van der Waals surface area contributed by atoms with E-state index in [1.807, 2.05) is 0 Å². The lowest BCUT2D eigenvalue weighted by atomic mass is 10.2. The first-order chi connectivity index (χ1) is 8.81. The number of aromatic carboxylic acids is 1. The van der Waals surface area contributed by atoms with Gasteiger partial charge in [-0.3, -0.25) is 4.72 Å². The number of hydrogen-bond donors (Lipinski definition) is 3. The maximum Gasteiger partial charge on any atom is 0.339 e. The predicted octanol–water partition coefficient (Wildman–Crippen LogP) is 1.09. The minimum atomic E-state index is -3.70. The van der Waals surface area contributed by atoms with Gasteiger partial charge >= 0.3 is 16.2 Å². The number of carbonyl (C=O) groups is 1. The Labute approximate surface area is 111 Å². The lowest BCUT2D eigenvalue weighted by Gasteiger charge is -2.19. The fourth-order valence-electron chi connectivity index (χ4n) is 1.55. The molecule has 0 heterocycles. The molecule has 0 unspecified atom stereocenters. The van der Waals surface area contributed by atoms with Crippen LogP contribution in [0.3, 0.4) is 0 Å². The average Bonchev–Trinajstić information content (AvgIpc) is 2.28. The van der Waals surface area contributed by atoms with Crippen LogP contribution in [0.1, 0.15) is 24.2 Å². The number of anilines is 1. The third kappa shape index (κ3) is 3.58. The van der Waals surface area contributed by atoms with Crippen LogP contribution < -0.4 is 4.72 Å². The molecule has 0 amide bonds.